The molecule has 0 fully saturated rings. The first-order valence-electron chi connectivity index (χ1n) is 9.67. The summed E-state index contributed by atoms with van der Waals surface area (Å²) in [6.45, 7) is 0.955. The Hall–Kier alpha value is -3.78. The number of anilines is 1. The van der Waals surface area contributed by atoms with E-state index in [0.717, 1.165) is 28.0 Å². The molecular weight excluding hydrogens is 382 g/mol. The Balaban J connectivity index is 1.82. The Labute approximate surface area is 172 Å². The highest BCUT2D eigenvalue weighted by Crippen LogP contribution is 2.38. The van der Waals surface area contributed by atoms with Crippen LogP contribution in [0.5, 0.6) is 11.6 Å². The summed E-state index contributed by atoms with van der Waals surface area (Å²) in [6.07, 6.45) is 0. The second-order valence-corrected chi connectivity index (χ2v) is 7.05. The van der Waals surface area contributed by atoms with E-state index in [0.29, 0.717) is 18.7 Å². The molecule has 8 nitrogen and oxygen atoms in total. The van der Waals surface area contributed by atoms with Gasteiger partial charge in [-0.3, -0.25) is 4.98 Å². The molecule has 1 aliphatic heterocycles. The van der Waals surface area contributed by atoms with E-state index >= 15 is 0 Å². The summed E-state index contributed by atoms with van der Waals surface area (Å²) >= 11 is 0. The zero-order valence-corrected chi connectivity index (χ0v) is 16.4. The van der Waals surface area contributed by atoms with Crippen LogP contribution in [0.3, 0.4) is 0 Å². The van der Waals surface area contributed by atoms with E-state index in [2.05, 4.69) is 38.1 Å². The Morgan fingerprint density at radius 3 is 2.87 bits per heavy atom. The normalized spacial score (nSPS) is 16.0. The molecule has 1 unspecified atom stereocenters. The lowest BCUT2D eigenvalue weighted by Gasteiger charge is -2.22. The first kappa shape index (κ1) is 18.3. The number of nitrogens with two attached hydrogens (primary N) is 1. The molecule has 2 aromatic carbocycles. The molecular formula is C22H21N5O3. The van der Waals surface area contributed by atoms with Crippen LogP contribution in [-0.2, 0) is 0 Å². The smallest absolute Gasteiger partial charge is 0.349 e. The monoisotopic (exact) mass is 403 g/mol. The molecule has 0 radical (unpaired) electrons. The lowest BCUT2D eigenvalue weighted by Crippen LogP contribution is -2.27. The van der Waals surface area contributed by atoms with Gasteiger partial charge in [-0.2, -0.15) is 4.98 Å². The molecule has 1 atom stereocenters. The largest absolute Gasteiger partial charge is 0.495 e. The third-order valence-corrected chi connectivity index (χ3v) is 5.30. The third-order valence-electron chi connectivity index (χ3n) is 5.30. The fourth-order valence-corrected chi connectivity index (χ4v) is 4.04. The number of para-hydroxylation sites is 3. The maximum atomic E-state index is 11.9. The van der Waals surface area contributed by atoms with Crippen molar-refractivity contribution >= 4 is 16.7 Å². The first-order valence-corrected chi connectivity index (χ1v) is 9.67. The quantitative estimate of drug-likeness (QED) is 0.485. The highest BCUT2D eigenvalue weighted by molar-refractivity contribution is 5.84. The summed E-state index contributed by atoms with van der Waals surface area (Å²) in [6, 6.07) is 17.8. The summed E-state index contributed by atoms with van der Waals surface area (Å²) in [7, 11) is 1.66. The molecule has 3 heterocycles. The van der Waals surface area contributed by atoms with Crippen molar-refractivity contribution in [1.82, 2.24) is 19.9 Å². The molecule has 30 heavy (non-hydrogen) atoms. The predicted molar refractivity (Wildman–Crippen MR) is 114 cm³/mol. The highest BCUT2D eigenvalue weighted by Gasteiger charge is 2.30. The summed E-state index contributed by atoms with van der Waals surface area (Å²) in [5, 5.41) is 4.57. The van der Waals surface area contributed by atoms with Crippen molar-refractivity contribution < 1.29 is 9.47 Å². The first-order chi connectivity index (χ1) is 14.7. The Kier molecular flexibility index (Phi) is 4.40. The minimum absolute atomic E-state index is 0.237. The van der Waals surface area contributed by atoms with E-state index in [4.69, 9.17) is 15.2 Å². The fourth-order valence-electron chi connectivity index (χ4n) is 4.04. The van der Waals surface area contributed by atoms with Crippen molar-refractivity contribution in [3.8, 4) is 17.3 Å². The van der Waals surface area contributed by atoms with Gasteiger partial charge in [0.1, 0.15) is 18.2 Å². The van der Waals surface area contributed by atoms with Gasteiger partial charge in [-0.1, -0.05) is 30.3 Å². The van der Waals surface area contributed by atoms with Gasteiger partial charge in [-0.15, -0.1) is 0 Å². The number of aromatic nitrogens is 3. The van der Waals surface area contributed by atoms with Gasteiger partial charge in [0, 0.05) is 17.6 Å². The van der Waals surface area contributed by atoms with Crippen molar-refractivity contribution in [2.45, 2.75) is 6.04 Å². The van der Waals surface area contributed by atoms with Crippen LogP contribution in [0, 0.1) is 0 Å². The fraction of sp³-hybridized carbons (Fsp3) is 0.182. The summed E-state index contributed by atoms with van der Waals surface area (Å²) in [4.78, 5) is 18.5. The Bertz CT molecular complexity index is 1290. The van der Waals surface area contributed by atoms with Crippen LogP contribution in [0.1, 0.15) is 17.3 Å². The van der Waals surface area contributed by atoms with Crippen LogP contribution in [0.4, 0.5) is 5.82 Å². The second-order valence-electron chi connectivity index (χ2n) is 7.05. The number of benzene rings is 2. The van der Waals surface area contributed by atoms with E-state index in [1.54, 1.807) is 7.11 Å². The second kappa shape index (κ2) is 7.23. The van der Waals surface area contributed by atoms with Gasteiger partial charge in [0.25, 0.3) is 0 Å². The molecule has 0 aliphatic carbocycles. The molecule has 0 saturated carbocycles. The maximum Gasteiger partial charge on any atom is 0.349 e. The zero-order chi connectivity index (χ0) is 20.7. The number of rotatable bonds is 3. The minimum Gasteiger partial charge on any atom is -0.495 e. The van der Waals surface area contributed by atoms with Gasteiger partial charge >= 0.3 is 5.69 Å². The zero-order valence-electron chi connectivity index (χ0n) is 16.4. The molecule has 2 aromatic heterocycles. The maximum absolute atomic E-state index is 11.9. The van der Waals surface area contributed by atoms with Crippen LogP contribution in [0.25, 0.3) is 16.6 Å². The van der Waals surface area contributed by atoms with E-state index < -0.39 is 5.69 Å². The molecule has 0 spiro atoms. The van der Waals surface area contributed by atoms with Crippen LogP contribution in [0.2, 0.25) is 0 Å². The molecule has 4 N–H and O–H groups in total. The van der Waals surface area contributed by atoms with Gasteiger partial charge in [0.2, 0.25) is 5.88 Å². The van der Waals surface area contributed by atoms with Gasteiger partial charge in [-0.05, 0) is 24.3 Å². The van der Waals surface area contributed by atoms with Crippen molar-refractivity contribution in [2.24, 2.45) is 0 Å². The number of aromatic amines is 1. The van der Waals surface area contributed by atoms with Gasteiger partial charge in [0.15, 0.2) is 0 Å². The van der Waals surface area contributed by atoms with E-state index in [1.807, 2.05) is 36.4 Å². The number of ether oxygens (including phenoxy) is 2. The number of hydrogen-bond acceptors (Lipinski definition) is 6. The van der Waals surface area contributed by atoms with Crippen LogP contribution < -0.4 is 26.2 Å². The van der Waals surface area contributed by atoms with Crippen LogP contribution >= 0.6 is 0 Å². The number of hydrogen-bond donors (Lipinski definition) is 3. The predicted octanol–water partition coefficient (Wildman–Crippen LogP) is 2.38. The van der Waals surface area contributed by atoms with Crippen molar-refractivity contribution in [3.63, 3.8) is 0 Å². The van der Waals surface area contributed by atoms with Crippen molar-refractivity contribution in [3.05, 3.63) is 76.3 Å². The Morgan fingerprint density at radius 2 is 2.00 bits per heavy atom. The number of nitrogens with one attached hydrogen (secondary N) is 2. The summed E-state index contributed by atoms with van der Waals surface area (Å²) in [5.41, 5.74) is 9.19. The molecule has 0 saturated heterocycles. The van der Waals surface area contributed by atoms with Gasteiger partial charge in [-0.25, -0.2) is 4.79 Å². The molecule has 4 aromatic rings. The highest BCUT2D eigenvalue weighted by atomic mass is 16.5. The van der Waals surface area contributed by atoms with Gasteiger partial charge < -0.3 is 25.1 Å². The van der Waals surface area contributed by atoms with Crippen molar-refractivity contribution in [2.75, 3.05) is 26.0 Å². The molecule has 1 aliphatic rings. The number of nitrogen functional groups attached to an aromatic ring is 1. The summed E-state index contributed by atoms with van der Waals surface area (Å²) < 4.78 is 13.5. The van der Waals surface area contributed by atoms with Gasteiger partial charge in [0.05, 0.1) is 29.9 Å². The van der Waals surface area contributed by atoms with E-state index in [-0.39, 0.29) is 17.7 Å². The van der Waals surface area contributed by atoms with Crippen LogP contribution in [-0.4, -0.2) is 34.8 Å². The minimum atomic E-state index is -0.530. The molecule has 8 heteroatoms. The summed E-state index contributed by atoms with van der Waals surface area (Å²) in [5.74, 6) is 1.24. The van der Waals surface area contributed by atoms with E-state index in [1.165, 1.54) is 0 Å². The molecule has 0 amide bonds. The number of methoxy groups -OCH3 is 1. The van der Waals surface area contributed by atoms with E-state index in [9.17, 15) is 4.79 Å². The molecule has 5 rings (SSSR count). The van der Waals surface area contributed by atoms with Crippen molar-refractivity contribution in [1.29, 1.82) is 0 Å². The lowest BCUT2D eigenvalue weighted by atomic mass is 10.0. The number of nitrogens with zero attached hydrogens (tertiary/aromatic N) is 2. The Morgan fingerprint density at radius 1 is 1.20 bits per heavy atom. The lowest BCUT2D eigenvalue weighted by molar-refractivity contribution is 0.312. The molecule has 0 bridgehead atoms. The van der Waals surface area contributed by atoms with Crippen LogP contribution in [0.15, 0.2) is 59.4 Å². The standard InChI is InChI=1S/C22H21N5O3/c1-29-17-9-5-4-8-15(17)27-14-7-3-2-6-13(14)12-16(27)19-18-20(23)25-22(28)26-21(18)30-11-10-24-19/h2-9,12,19,24H,10-11H2,1H3,(H3,23,25,26,28). The number of fused-ring (bicyclic) bond motifs is 2. The third kappa shape index (κ3) is 2.89. The average molecular weight is 403 g/mol. The topological polar surface area (TPSA) is 107 Å². The average Bonchev–Trinajstić information content (AvgIpc) is 3.00. The number of H-pyrrole nitrogens is 1. The SMILES string of the molecule is COc1ccccc1-n1c(C2NCCOc3nc(=O)[nH]c(N)c32)cc2ccccc21. The molecule has 152 valence electrons.